The number of hydrogen-bond acceptors (Lipinski definition) is 3. The Kier molecular flexibility index (Phi) is 4.83. The number of halogens is 1. The van der Waals surface area contributed by atoms with Gasteiger partial charge in [0.15, 0.2) is 11.6 Å². The smallest absolute Gasteiger partial charge is 0.227 e. The van der Waals surface area contributed by atoms with E-state index >= 15 is 0 Å². The van der Waals surface area contributed by atoms with Crippen LogP contribution in [0.25, 0.3) is 0 Å². The van der Waals surface area contributed by atoms with E-state index < -0.39 is 5.82 Å². The molecule has 18 heavy (non-hydrogen) atoms. The van der Waals surface area contributed by atoms with Gasteiger partial charge in [0.2, 0.25) is 5.91 Å². The zero-order chi connectivity index (χ0) is 13.7. The average molecular weight is 253 g/mol. The highest BCUT2D eigenvalue weighted by Gasteiger charge is 2.13. The van der Waals surface area contributed by atoms with Gasteiger partial charge in [-0.3, -0.25) is 9.59 Å². The molecule has 1 unspecified atom stereocenters. The fourth-order valence-electron chi connectivity index (χ4n) is 1.55. The van der Waals surface area contributed by atoms with Crippen molar-refractivity contribution in [2.75, 3.05) is 7.11 Å². The van der Waals surface area contributed by atoms with Gasteiger partial charge >= 0.3 is 0 Å². The van der Waals surface area contributed by atoms with E-state index in [-0.39, 0.29) is 29.9 Å². The first-order valence-electron chi connectivity index (χ1n) is 5.56. The summed E-state index contributed by atoms with van der Waals surface area (Å²) < 4.78 is 18.3. The Morgan fingerprint density at radius 3 is 2.61 bits per heavy atom. The van der Waals surface area contributed by atoms with Crippen LogP contribution in [0.1, 0.15) is 31.9 Å². The number of ketones is 1. The van der Waals surface area contributed by atoms with Crippen molar-refractivity contribution in [1.29, 1.82) is 0 Å². The summed E-state index contributed by atoms with van der Waals surface area (Å²) in [7, 11) is 1.39. The Morgan fingerprint density at radius 2 is 2.11 bits per heavy atom. The van der Waals surface area contributed by atoms with E-state index in [4.69, 9.17) is 4.74 Å². The molecular formula is C13H16FNO3. The zero-order valence-corrected chi connectivity index (χ0v) is 10.6. The summed E-state index contributed by atoms with van der Waals surface area (Å²) in [5.41, 5.74) is 0.616. The van der Waals surface area contributed by atoms with Crippen molar-refractivity contribution in [3.63, 3.8) is 0 Å². The monoisotopic (exact) mass is 253 g/mol. The van der Waals surface area contributed by atoms with Crippen LogP contribution in [-0.4, -0.2) is 18.8 Å². The first-order valence-corrected chi connectivity index (χ1v) is 5.56. The summed E-state index contributed by atoms with van der Waals surface area (Å²) in [5, 5.41) is 2.62. The van der Waals surface area contributed by atoms with E-state index in [0.29, 0.717) is 5.56 Å². The second-order valence-corrected chi connectivity index (χ2v) is 4.06. The molecule has 0 fully saturated rings. The maximum absolute atomic E-state index is 13.5. The maximum atomic E-state index is 13.5. The minimum atomic E-state index is -0.484. The normalized spacial score (nSPS) is 11.8. The van der Waals surface area contributed by atoms with Gasteiger partial charge in [0.1, 0.15) is 5.78 Å². The van der Waals surface area contributed by atoms with Crippen LogP contribution in [0.4, 0.5) is 4.39 Å². The number of amides is 1. The predicted molar refractivity (Wildman–Crippen MR) is 64.8 cm³/mol. The molecule has 0 bridgehead atoms. The molecule has 0 spiro atoms. The van der Waals surface area contributed by atoms with Crippen LogP contribution < -0.4 is 10.1 Å². The highest BCUT2D eigenvalue weighted by molar-refractivity contribution is 5.96. The molecule has 0 aromatic heterocycles. The third kappa shape index (κ3) is 3.84. The van der Waals surface area contributed by atoms with Crippen LogP contribution in [0, 0.1) is 5.82 Å². The number of ether oxygens (including phenoxy) is 1. The molecule has 1 aromatic rings. The molecule has 1 rings (SSSR count). The van der Waals surface area contributed by atoms with Crippen molar-refractivity contribution >= 4 is 11.7 Å². The van der Waals surface area contributed by atoms with E-state index in [1.165, 1.54) is 26.2 Å². The Bertz CT molecular complexity index is 460. The molecule has 0 aliphatic rings. The molecule has 98 valence electrons. The van der Waals surface area contributed by atoms with Gasteiger partial charge in [-0.25, -0.2) is 4.39 Å². The number of hydrogen-bond donors (Lipinski definition) is 1. The summed E-state index contributed by atoms with van der Waals surface area (Å²) in [4.78, 5) is 22.2. The Hall–Kier alpha value is -1.91. The Labute approximate surface area is 105 Å². The van der Waals surface area contributed by atoms with Crippen LogP contribution in [0.15, 0.2) is 18.2 Å². The van der Waals surface area contributed by atoms with Gasteiger partial charge < -0.3 is 10.1 Å². The number of carbonyl (C=O) groups is 2. The topological polar surface area (TPSA) is 55.4 Å². The molecule has 0 saturated heterocycles. The van der Waals surface area contributed by atoms with E-state index in [9.17, 15) is 14.0 Å². The summed E-state index contributed by atoms with van der Waals surface area (Å²) in [6, 6.07) is 4.11. The Morgan fingerprint density at radius 1 is 1.44 bits per heavy atom. The van der Waals surface area contributed by atoms with E-state index in [1.54, 1.807) is 13.0 Å². The second kappa shape index (κ2) is 6.14. The summed E-state index contributed by atoms with van der Waals surface area (Å²) >= 11 is 0. The van der Waals surface area contributed by atoms with Gasteiger partial charge in [-0.05, 0) is 31.5 Å². The standard InChI is InChI=1S/C13H16FNO3/c1-8(16)6-13(17)15-9(2)10-4-5-12(18-3)11(14)7-10/h4-5,7,9H,6H2,1-3H3,(H,15,17). The molecule has 5 heteroatoms. The van der Waals surface area contributed by atoms with Crippen LogP contribution >= 0.6 is 0 Å². The largest absolute Gasteiger partial charge is 0.494 e. The molecule has 1 aromatic carbocycles. The lowest BCUT2D eigenvalue weighted by molar-refractivity contribution is -0.127. The highest BCUT2D eigenvalue weighted by Crippen LogP contribution is 2.21. The first kappa shape index (κ1) is 14.2. The molecule has 0 heterocycles. The van der Waals surface area contributed by atoms with Crippen molar-refractivity contribution < 1.29 is 18.7 Å². The van der Waals surface area contributed by atoms with Crippen molar-refractivity contribution in [1.82, 2.24) is 5.32 Å². The molecule has 4 nitrogen and oxygen atoms in total. The maximum Gasteiger partial charge on any atom is 0.227 e. The van der Waals surface area contributed by atoms with Gasteiger partial charge in [0.25, 0.3) is 0 Å². The van der Waals surface area contributed by atoms with Crippen molar-refractivity contribution in [3.8, 4) is 5.75 Å². The zero-order valence-electron chi connectivity index (χ0n) is 10.6. The van der Waals surface area contributed by atoms with Gasteiger partial charge in [-0.2, -0.15) is 0 Å². The van der Waals surface area contributed by atoms with Gasteiger partial charge in [0, 0.05) is 0 Å². The van der Waals surface area contributed by atoms with E-state index in [0.717, 1.165) is 0 Å². The van der Waals surface area contributed by atoms with E-state index in [1.807, 2.05) is 0 Å². The number of carbonyl (C=O) groups excluding carboxylic acids is 2. The third-order valence-corrected chi connectivity index (χ3v) is 2.46. The van der Waals surface area contributed by atoms with Gasteiger partial charge in [0.05, 0.1) is 19.6 Å². The molecule has 1 N–H and O–H groups in total. The second-order valence-electron chi connectivity index (χ2n) is 4.06. The number of rotatable bonds is 5. The molecular weight excluding hydrogens is 237 g/mol. The predicted octanol–water partition coefficient (Wildman–Crippen LogP) is 1.99. The fraction of sp³-hybridized carbons (Fsp3) is 0.385. The van der Waals surface area contributed by atoms with Gasteiger partial charge in [-0.1, -0.05) is 6.07 Å². The lowest BCUT2D eigenvalue weighted by Gasteiger charge is -2.14. The minimum absolute atomic E-state index is 0.154. The van der Waals surface area contributed by atoms with Crippen LogP contribution in [0.3, 0.4) is 0 Å². The number of benzene rings is 1. The molecule has 1 amide bonds. The summed E-state index contributed by atoms with van der Waals surface area (Å²) in [6.07, 6.45) is -0.164. The molecule has 1 atom stereocenters. The highest BCUT2D eigenvalue weighted by atomic mass is 19.1. The number of methoxy groups -OCH3 is 1. The lowest BCUT2D eigenvalue weighted by Crippen LogP contribution is -2.28. The van der Waals surface area contributed by atoms with Crippen LogP contribution in [-0.2, 0) is 9.59 Å². The van der Waals surface area contributed by atoms with Crippen molar-refractivity contribution in [2.24, 2.45) is 0 Å². The average Bonchev–Trinajstić information content (AvgIpc) is 2.27. The molecule has 0 aliphatic heterocycles. The molecule has 0 radical (unpaired) electrons. The first-order chi connectivity index (χ1) is 8.43. The van der Waals surface area contributed by atoms with E-state index in [2.05, 4.69) is 5.32 Å². The molecule has 0 saturated carbocycles. The van der Waals surface area contributed by atoms with Crippen molar-refractivity contribution in [2.45, 2.75) is 26.3 Å². The Balaban J connectivity index is 2.72. The number of Topliss-reactive ketones (excluding diaryl/α,β-unsaturated/α-hetero) is 1. The quantitative estimate of drug-likeness (QED) is 0.816. The molecule has 0 aliphatic carbocycles. The SMILES string of the molecule is COc1ccc(C(C)NC(=O)CC(C)=O)cc1F. The van der Waals surface area contributed by atoms with Crippen LogP contribution in [0.2, 0.25) is 0 Å². The fourth-order valence-corrected chi connectivity index (χ4v) is 1.55. The van der Waals surface area contributed by atoms with Crippen molar-refractivity contribution in [3.05, 3.63) is 29.6 Å². The third-order valence-electron chi connectivity index (χ3n) is 2.46. The van der Waals surface area contributed by atoms with Crippen LogP contribution in [0.5, 0.6) is 5.75 Å². The number of nitrogens with one attached hydrogen (secondary N) is 1. The summed E-state index contributed by atoms with van der Waals surface area (Å²) in [6.45, 7) is 3.07. The van der Waals surface area contributed by atoms with Gasteiger partial charge in [-0.15, -0.1) is 0 Å². The summed E-state index contributed by atoms with van der Waals surface area (Å²) in [5.74, 6) is -0.907. The minimum Gasteiger partial charge on any atom is -0.494 e. The lowest BCUT2D eigenvalue weighted by atomic mass is 10.1.